The Morgan fingerprint density at radius 1 is 1.00 bits per heavy atom. The van der Waals surface area contributed by atoms with Crippen molar-refractivity contribution in [2.45, 2.75) is 13.8 Å². The Labute approximate surface area is 83.6 Å². The van der Waals surface area contributed by atoms with Crippen molar-refractivity contribution in [3.8, 4) is 0 Å². The van der Waals surface area contributed by atoms with Gasteiger partial charge in [-0.3, -0.25) is 0 Å². The summed E-state index contributed by atoms with van der Waals surface area (Å²) in [6.45, 7) is 4.39. The molecule has 0 fully saturated rings. The average molecular weight is 180 g/mol. The molecule has 0 bridgehead atoms. The molecule has 2 aliphatic rings. The lowest BCUT2D eigenvalue weighted by molar-refractivity contribution is 1.46. The van der Waals surface area contributed by atoms with Crippen molar-refractivity contribution in [1.82, 2.24) is 0 Å². The SMILES string of the molecule is CC1=C(C)c2ccc3c(c2=C1)=CC=C3. The number of hydrogen-bond acceptors (Lipinski definition) is 0. The van der Waals surface area contributed by atoms with Crippen LogP contribution >= 0.6 is 0 Å². The van der Waals surface area contributed by atoms with Crippen molar-refractivity contribution in [2.75, 3.05) is 0 Å². The molecule has 2 aliphatic carbocycles. The van der Waals surface area contributed by atoms with Crippen LogP contribution in [0.4, 0.5) is 0 Å². The molecule has 0 saturated carbocycles. The molecular formula is C14H12. The Kier molecular flexibility index (Phi) is 1.38. The maximum atomic E-state index is 2.30. The van der Waals surface area contributed by atoms with Gasteiger partial charge in [0.2, 0.25) is 0 Å². The Morgan fingerprint density at radius 2 is 1.86 bits per heavy atom. The van der Waals surface area contributed by atoms with Crippen LogP contribution in [0.15, 0.2) is 23.8 Å². The maximum absolute atomic E-state index is 2.30. The smallest absolute Gasteiger partial charge is 0.00999 e. The van der Waals surface area contributed by atoms with Gasteiger partial charge in [0, 0.05) is 0 Å². The predicted octanol–water partition coefficient (Wildman–Crippen LogP) is 2.08. The van der Waals surface area contributed by atoms with Crippen LogP contribution in [0.5, 0.6) is 0 Å². The van der Waals surface area contributed by atoms with Crippen molar-refractivity contribution < 1.29 is 0 Å². The second-order valence-corrected chi connectivity index (χ2v) is 4.01. The van der Waals surface area contributed by atoms with E-state index in [1.807, 2.05) is 0 Å². The van der Waals surface area contributed by atoms with Gasteiger partial charge in [-0.15, -0.1) is 0 Å². The van der Waals surface area contributed by atoms with Crippen LogP contribution in [0, 0.1) is 0 Å². The molecule has 0 spiro atoms. The molecular weight excluding hydrogens is 168 g/mol. The zero-order chi connectivity index (χ0) is 9.71. The van der Waals surface area contributed by atoms with E-state index in [-0.39, 0.29) is 0 Å². The van der Waals surface area contributed by atoms with Crippen LogP contribution in [-0.2, 0) is 0 Å². The molecule has 0 atom stereocenters. The van der Waals surface area contributed by atoms with E-state index in [2.05, 4.69) is 50.3 Å². The summed E-state index contributed by atoms with van der Waals surface area (Å²) in [6.07, 6.45) is 8.80. The number of rotatable bonds is 0. The lowest BCUT2D eigenvalue weighted by atomic mass is 10.0. The van der Waals surface area contributed by atoms with E-state index >= 15 is 0 Å². The lowest BCUT2D eigenvalue weighted by Gasteiger charge is -2.00. The summed E-state index contributed by atoms with van der Waals surface area (Å²) in [4.78, 5) is 0. The Morgan fingerprint density at radius 3 is 2.71 bits per heavy atom. The zero-order valence-electron chi connectivity index (χ0n) is 8.46. The van der Waals surface area contributed by atoms with E-state index in [4.69, 9.17) is 0 Å². The first-order chi connectivity index (χ1) is 6.77. The third-order valence-electron chi connectivity index (χ3n) is 3.22. The standard InChI is InChI=1S/C14H12/c1-9-8-14-12(10(9)2)7-6-11-4-3-5-13(11)14/h3-8H,1-2H3. The van der Waals surface area contributed by atoms with Gasteiger partial charge in [0.05, 0.1) is 0 Å². The molecule has 0 heteroatoms. The minimum absolute atomic E-state index is 1.35. The van der Waals surface area contributed by atoms with E-state index in [1.54, 1.807) is 0 Å². The average Bonchev–Trinajstić information content (AvgIpc) is 2.73. The molecule has 0 aliphatic heterocycles. The molecule has 0 aromatic heterocycles. The summed E-state index contributed by atoms with van der Waals surface area (Å²) in [5, 5.41) is 2.79. The third kappa shape index (κ3) is 0.832. The largest absolute Gasteiger partial charge is 0.0610 e. The van der Waals surface area contributed by atoms with Gasteiger partial charge < -0.3 is 0 Å². The van der Waals surface area contributed by atoms with Gasteiger partial charge in [0.25, 0.3) is 0 Å². The third-order valence-corrected chi connectivity index (χ3v) is 3.22. The topological polar surface area (TPSA) is 0 Å². The quantitative estimate of drug-likeness (QED) is 0.573. The van der Waals surface area contributed by atoms with Crippen molar-refractivity contribution in [3.05, 3.63) is 45.3 Å². The molecule has 14 heavy (non-hydrogen) atoms. The van der Waals surface area contributed by atoms with Gasteiger partial charge in [0.15, 0.2) is 0 Å². The van der Waals surface area contributed by atoms with Crippen molar-refractivity contribution >= 4 is 23.8 Å². The Bertz CT molecular complexity index is 596. The number of fused-ring (bicyclic) bond motifs is 3. The molecule has 0 saturated heterocycles. The molecule has 0 nitrogen and oxygen atoms in total. The first-order valence-electron chi connectivity index (χ1n) is 4.98. The molecule has 68 valence electrons. The van der Waals surface area contributed by atoms with Crippen LogP contribution in [0.3, 0.4) is 0 Å². The summed E-state index contributed by atoms with van der Waals surface area (Å²) < 4.78 is 0. The second-order valence-electron chi connectivity index (χ2n) is 4.01. The summed E-state index contributed by atoms with van der Waals surface area (Å²) in [7, 11) is 0. The Hall–Kier alpha value is -1.56. The Balaban J connectivity index is 2.48. The van der Waals surface area contributed by atoms with Crippen molar-refractivity contribution in [1.29, 1.82) is 0 Å². The van der Waals surface area contributed by atoms with Gasteiger partial charge >= 0.3 is 0 Å². The minimum Gasteiger partial charge on any atom is -0.0610 e. The molecule has 1 aromatic rings. The van der Waals surface area contributed by atoms with Gasteiger partial charge in [0.1, 0.15) is 0 Å². The summed E-state index contributed by atoms with van der Waals surface area (Å²) in [6, 6.07) is 4.45. The zero-order valence-corrected chi connectivity index (χ0v) is 8.46. The lowest BCUT2D eigenvalue weighted by Crippen LogP contribution is -2.27. The van der Waals surface area contributed by atoms with E-state index in [0.717, 1.165) is 0 Å². The highest BCUT2D eigenvalue weighted by atomic mass is 14.1. The molecule has 3 rings (SSSR count). The van der Waals surface area contributed by atoms with Gasteiger partial charge in [-0.1, -0.05) is 36.4 Å². The normalized spacial score (nSPS) is 16.4. The van der Waals surface area contributed by atoms with Gasteiger partial charge in [-0.05, 0) is 46.6 Å². The highest BCUT2D eigenvalue weighted by Gasteiger charge is 2.11. The van der Waals surface area contributed by atoms with Crippen LogP contribution in [0.1, 0.15) is 25.0 Å². The van der Waals surface area contributed by atoms with Crippen LogP contribution < -0.4 is 10.4 Å². The van der Waals surface area contributed by atoms with E-state index < -0.39 is 0 Å². The van der Waals surface area contributed by atoms with Crippen molar-refractivity contribution in [3.63, 3.8) is 0 Å². The van der Waals surface area contributed by atoms with E-state index in [9.17, 15) is 0 Å². The first-order valence-corrected chi connectivity index (χ1v) is 4.98. The molecule has 0 N–H and O–H groups in total. The number of allylic oxidation sites excluding steroid dienone is 3. The summed E-state index contributed by atoms with van der Waals surface area (Å²) in [5.41, 5.74) is 5.57. The minimum atomic E-state index is 1.35. The molecule has 0 unspecified atom stereocenters. The van der Waals surface area contributed by atoms with Crippen LogP contribution in [0.2, 0.25) is 0 Å². The van der Waals surface area contributed by atoms with Gasteiger partial charge in [-0.2, -0.15) is 0 Å². The van der Waals surface area contributed by atoms with Crippen LogP contribution in [0.25, 0.3) is 23.8 Å². The summed E-state index contributed by atoms with van der Waals surface area (Å²) >= 11 is 0. The van der Waals surface area contributed by atoms with E-state index in [0.29, 0.717) is 0 Å². The highest BCUT2D eigenvalue weighted by molar-refractivity contribution is 5.83. The number of benzene rings is 1. The summed E-state index contributed by atoms with van der Waals surface area (Å²) in [5.74, 6) is 0. The van der Waals surface area contributed by atoms with E-state index in [1.165, 1.54) is 32.7 Å². The molecule has 0 heterocycles. The molecule has 0 radical (unpaired) electrons. The molecule has 1 aromatic carbocycles. The fourth-order valence-electron chi connectivity index (χ4n) is 2.25. The maximum Gasteiger partial charge on any atom is -0.00999 e. The van der Waals surface area contributed by atoms with Crippen LogP contribution in [-0.4, -0.2) is 0 Å². The fourth-order valence-corrected chi connectivity index (χ4v) is 2.25. The predicted molar refractivity (Wildman–Crippen MR) is 61.9 cm³/mol. The fraction of sp³-hybridized carbons (Fsp3) is 0.143. The van der Waals surface area contributed by atoms with Gasteiger partial charge in [-0.25, -0.2) is 0 Å². The first kappa shape index (κ1) is 7.81. The monoisotopic (exact) mass is 180 g/mol. The van der Waals surface area contributed by atoms with Crippen molar-refractivity contribution in [2.24, 2.45) is 0 Å². The highest BCUT2D eigenvalue weighted by Crippen LogP contribution is 2.20. The molecule has 0 amide bonds. The second kappa shape index (κ2) is 2.48. The number of hydrogen-bond donors (Lipinski definition) is 0.